The van der Waals surface area contributed by atoms with Gasteiger partial charge in [-0.2, -0.15) is 0 Å². The second-order valence-corrected chi connectivity index (χ2v) is 12.0. The summed E-state index contributed by atoms with van der Waals surface area (Å²) in [5.41, 5.74) is 0.761. The molecule has 37 heavy (non-hydrogen) atoms. The van der Waals surface area contributed by atoms with E-state index in [9.17, 15) is 22.8 Å². The van der Waals surface area contributed by atoms with Crippen LogP contribution < -0.4 is 5.32 Å². The van der Waals surface area contributed by atoms with Crippen LogP contribution in [0.2, 0.25) is 10.0 Å². The number of carbonyl (C=O) groups excluding carboxylic acids is 3. The van der Waals surface area contributed by atoms with Crippen LogP contribution in [-0.4, -0.2) is 54.0 Å². The summed E-state index contributed by atoms with van der Waals surface area (Å²) in [5.74, 6) is -1.36. The Morgan fingerprint density at radius 2 is 1.81 bits per heavy atom. The fourth-order valence-corrected chi connectivity index (χ4v) is 6.80. The number of rotatable bonds is 9. The van der Waals surface area contributed by atoms with Gasteiger partial charge in [-0.1, -0.05) is 61.2 Å². The highest BCUT2D eigenvalue weighted by molar-refractivity contribution is 7.90. The van der Waals surface area contributed by atoms with Crippen molar-refractivity contribution in [1.82, 2.24) is 14.5 Å². The van der Waals surface area contributed by atoms with E-state index >= 15 is 0 Å². The lowest BCUT2D eigenvalue weighted by Gasteiger charge is -2.32. The molecule has 1 N–H and O–H groups in total. The Kier molecular flexibility index (Phi) is 8.46. The van der Waals surface area contributed by atoms with Crippen LogP contribution in [0, 0.1) is 0 Å². The van der Waals surface area contributed by atoms with Crippen molar-refractivity contribution in [2.24, 2.45) is 0 Å². The van der Waals surface area contributed by atoms with Gasteiger partial charge in [-0.3, -0.25) is 14.4 Å². The Balaban J connectivity index is 1.55. The first-order valence-electron chi connectivity index (χ1n) is 12.3. The van der Waals surface area contributed by atoms with Crippen molar-refractivity contribution in [3.63, 3.8) is 0 Å². The van der Waals surface area contributed by atoms with Crippen LogP contribution in [0.3, 0.4) is 0 Å². The highest BCUT2D eigenvalue weighted by Gasteiger charge is 2.41. The zero-order valence-electron chi connectivity index (χ0n) is 20.5. The summed E-state index contributed by atoms with van der Waals surface area (Å²) in [5, 5.41) is 3.75. The molecule has 4 rings (SSSR count). The average molecular weight is 567 g/mol. The summed E-state index contributed by atoms with van der Waals surface area (Å²) >= 11 is 12.2. The molecule has 1 heterocycles. The van der Waals surface area contributed by atoms with Gasteiger partial charge in [-0.05, 0) is 49.1 Å². The summed E-state index contributed by atoms with van der Waals surface area (Å²) in [7, 11) is -4.04. The lowest BCUT2D eigenvalue weighted by Crippen LogP contribution is -2.51. The second-order valence-electron chi connectivity index (χ2n) is 9.31. The number of fused-ring (bicyclic) bond motifs is 1. The Labute approximate surface area is 227 Å². The standard InChI is InChI=1S/C26H29Cl2N3O5S/c1-2-22(25(33)29-18-7-3-4-8-18)30(16-17-11-12-20(27)21(28)15-17)24(32)13-14-31-26(34)19-9-5-6-10-23(19)37(31,35)36/h5-6,9-12,15,18,22H,2-4,7-8,13-14,16H2,1H3,(H,29,33)/t22-/m0/s1. The molecular formula is C26H29Cl2N3O5S. The van der Waals surface area contributed by atoms with Crippen LogP contribution in [0.5, 0.6) is 0 Å². The number of sulfonamides is 1. The highest BCUT2D eigenvalue weighted by atomic mass is 35.5. The van der Waals surface area contributed by atoms with E-state index in [1.807, 2.05) is 6.92 Å². The van der Waals surface area contributed by atoms with Gasteiger partial charge in [0, 0.05) is 25.6 Å². The van der Waals surface area contributed by atoms with Crippen LogP contribution in [0.4, 0.5) is 0 Å². The first-order valence-corrected chi connectivity index (χ1v) is 14.5. The summed E-state index contributed by atoms with van der Waals surface area (Å²) in [6.45, 7) is 1.57. The molecule has 198 valence electrons. The van der Waals surface area contributed by atoms with Crippen LogP contribution in [-0.2, 0) is 26.2 Å². The normalized spacial score (nSPS) is 17.5. The third-order valence-corrected chi connectivity index (χ3v) is 9.44. The maximum absolute atomic E-state index is 13.5. The van der Waals surface area contributed by atoms with Crippen LogP contribution in [0.15, 0.2) is 47.4 Å². The molecule has 0 saturated heterocycles. The minimum Gasteiger partial charge on any atom is -0.352 e. The van der Waals surface area contributed by atoms with Crippen molar-refractivity contribution in [3.05, 3.63) is 63.6 Å². The van der Waals surface area contributed by atoms with Crippen molar-refractivity contribution in [2.75, 3.05) is 6.54 Å². The van der Waals surface area contributed by atoms with Gasteiger partial charge in [0.1, 0.15) is 10.9 Å². The maximum atomic E-state index is 13.5. The Hall–Kier alpha value is -2.62. The van der Waals surface area contributed by atoms with Crippen LogP contribution >= 0.6 is 23.2 Å². The zero-order chi connectivity index (χ0) is 26.7. The minimum absolute atomic E-state index is 0.0671. The fraction of sp³-hybridized carbons (Fsp3) is 0.423. The van der Waals surface area contributed by atoms with Gasteiger partial charge in [-0.15, -0.1) is 0 Å². The molecular weight excluding hydrogens is 537 g/mol. The van der Waals surface area contributed by atoms with Gasteiger partial charge in [0.05, 0.1) is 15.6 Å². The van der Waals surface area contributed by atoms with E-state index in [1.54, 1.807) is 30.3 Å². The number of benzene rings is 2. The second kappa shape index (κ2) is 11.4. The van der Waals surface area contributed by atoms with Gasteiger partial charge in [0.2, 0.25) is 11.8 Å². The van der Waals surface area contributed by atoms with Crippen molar-refractivity contribution in [1.29, 1.82) is 0 Å². The predicted octanol–water partition coefficient (Wildman–Crippen LogP) is 4.39. The molecule has 8 nitrogen and oxygen atoms in total. The van der Waals surface area contributed by atoms with E-state index in [2.05, 4.69) is 5.32 Å². The number of carbonyl (C=O) groups is 3. The van der Waals surface area contributed by atoms with Crippen molar-refractivity contribution >= 4 is 50.9 Å². The highest BCUT2D eigenvalue weighted by Crippen LogP contribution is 2.30. The molecule has 1 saturated carbocycles. The number of nitrogens with one attached hydrogen (secondary N) is 1. The van der Waals surface area contributed by atoms with Gasteiger partial charge in [0.25, 0.3) is 15.9 Å². The van der Waals surface area contributed by atoms with Gasteiger partial charge < -0.3 is 10.2 Å². The Morgan fingerprint density at radius 1 is 1.11 bits per heavy atom. The summed E-state index contributed by atoms with van der Waals surface area (Å²) in [4.78, 5) is 40.9. The molecule has 1 aliphatic heterocycles. The Morgan fingerprint density at radius 3 is 2.46 bits per heavy atom. The molecule has 11 heteroatoms. The molecule has 0 aromatic heterocycles. The average Bonchev–Trinajstić information content (AvgIpc) is 3.44. The summed E-state index contributed by atoms with van der Waals surface area (Å²) in [6.07, 6.45) is 3.99. The molecule has 2 aliphatic rings. The first kappa shape index (κ1) is 27.4. The van der Waals surface area contributed by atoms with Gasteiger partial charge >= 0.3 is 0 Å². The van der Waals surface area contributed by atoms with E-state index in [0.29, 0.717) is 22.0 Å². The predicted molar refractivity (Wildman–Crippen MR) is 141 cm³/mol. The number of hydrogen-bond acceptors (Lipinski definition) is 5. The van der Waals surface area contributed by atoms with E-state index < -0.39 is 27.9 Å². The van der Waals surface area contributed by atoms with Gasteiger partial charge in [-0.25, -0.2) is 12.7 Å². The molecule has 1 fully saturated rings. The lowest BCUT2D eigenvalue weighted by molar-refractivity contribution is -0.141. The van der Waals surface area contributed by atoms with Crippen molar-refractivity contribution < 1.29 is 22.8 Å². The number of nitrogens with zero attached hydrogens (tertiary/aromatic N) is 2. The largest absolute Gasteiger partial charge is 0.352 e. The van der Waals surface area contributed by atoms with E-state index in [4.69, 9.17) is 23.2 Å². The SMILES string of the molecule is CC[C@@H](C(=O)NC1CCCC1)N(Cc1ccc(Cl)c(Cl)c1)C(=O)CCN1C(=O)c2ccccc2S1(=O)=O. The minimum atomic E-state index is -4.04. The zero-order valence-corrected chi connectivity index (χ0v) is 22.8. The number of hydrogen-bond donors (Lipinski definition) is 1. The third kappa shape index (κ3) is 5.78. The lowest BCUT2D eigenvalue weighted by atomic mass is 10.1. The Bertz CT molecular complexity index is 1310. The molecule has 0 bridgehead atoms. The molecule has 0 unspecified atom stereocenters. The smallest absolute Gasteiger partial charge is 0.269 e. The van der Waals surface area contributed by atoms with Crippen LogP contribution in [0.1, 0.15) is 61.4 Å². The van der Waals surface area contributed by atoms with E-state index in [-0.39, 0.29) is 41.9 Å². The van der Waals surface area contributed by atoms with E-state index in [1.165, 1.54) is 17.0 Å². The number of amides is 3. The van der Waals surface area contributed by atoms with Crippen LogP contribution in [0.25, 0.3) is 0 Å². The molecule has 0 spiro atoms. The topological polar surface area (TPSA) is 104 Å². The maximum Gasteiger partial charge on any atom is 0.269 e. The fourth-order valence-electron chi connectivity index (χ4n) is 4.91. The monoisotopic (exact) mass is 565 g/mol. The first-order chi connectivity index (χ1) is 17.6. The van der Waals surface area contributed by atoms with Crippen molar-refractivity contribution in [3.8, 4) is 0 Å². The molecule has 3 amide bonds. The van der Waals surface area contributed by atoms with Crippen molar-refractivity contribution in [2.45, 2.75) is 69.0 Å². The number of halogens is 2. The van der Waals surface area contributed by atoms with E-state index in [0.717, 1.165) is 30.0 Å². The molecule has 1 aliphatic carbocycles. The third-order valence-electron chi connectivity index (χ3n) is 6.87. The summed E-state index contributed by atoms with van der Waals surface area (Å²) in [6, 6.07) is 10.3. The molecule has 1 atom stereocenters. The quantitative estimate of drug-likeness (QED) is 0.485. The molecule has 0 radical (unpaired) electrons. The summed E-state index contributed by atoms with van der Waals surface area (Å²) < 4.78 is 26.6. The molecule has 2 aromatic carbocycles. The van der Waals surface area contributed by atoms with Gasteiger partial charge in [0.15, 0.2) is 0 Å². The molecule has 2 aromatic rings.